The Bertz CT molecular complexity index is 1700. The molecule has 1 saturated heterocycles. The molecular weight excluding hydrogens is 686 g/mol. The predicted molar refractivity (Wildman–Crippen MR) is 173 cm³/mol. The van der Waals surface area contributed by atoms with Crippen molar-refractivity contribution in [3.8, 4) is 0 Å². The van der Waals surface area contributed by atoms with E-state index in [1.807, 2.05) is 0 Å². The van der Waals surface area contributed by atoms with Crippen LogP contribution in [0.5, 0.6) is 0 Å². The van der Waals surface area contributed by atoms with Gasteiger partial charge in [-0.3, -0.25) is 24.2 Å². The summed E-state index contributed by atoms with van der Waals surface area (Å²) in [5.41, 5.74) is -8.50. The fourth-order valence-corrected chi connectivity index (χ4v) is 8.24. The number of rotatable bonds is 10. The summed E-state index contributed by atoms with van der Waals surface area (Å²) in [4.78, 5) is 84.0. The maximum Gasteiger partial charge on any atom is 0.341 e. The monoisotopic (exact) mass is 729 g/mol. The Morgan fingerprint density at radius 3 is 2.06 bits per heavy atom. The van der Waals surface area contributed by atoms with Crippen LogP contribution in [0, 0.1) is 17.3 Å². The Morgan fingerprint density at radius 2 is 1.50 bits per heavy atom. The van der Waals surface area contributed by atoms with Crippen molar-refractivity contribution >= 4 is 35.8 Å². The Labute approximate surface area is 299 Å². The molecule has 2 aromatic heterocycles. The highest BCUT2D eigenvalue weighted by atomic mass is 16.7. The molecule has 2 bridgehead atoms. The molecule has 9 unspecified atom stereocenters. The summed E-state index contributed by atoms with van der Waals surface area (Å²) >= 11 is 0. The van der Waals surface area contributed by atoms with Gasteiger partial charge in [0.1, 0.15) is 36.6 Å². The van der Waals surface area contributed by atoms with Crippen molar-refractivity contribution in [3.63, 3.8) is 0 Å². The van der Waals surface area contributed by atoms with Crippen LogP contribution in [0.4, 0.5) is 0 Å². The summed E-state index contributed by atoms with van der Waals surface area (Å²) in [6.45, 7) is 10.1. The molecule has 282 valence electrons. The second-order valence-corrected chi connectivity index (χ2v) is 14.4. The zero-order valence-corrected chi connectivity index (χ0v) is 30.1. The first-order valence-corrected chi connectivity index (χ1v) is 16.7. The van der Waals surface area contributed by atoms with E-state index in [4.69, 9.17) is 37.6 Å². The molecule has 3 aliphatic rings. The number of carbonyl (C=O) groups excluding carboxylic acids is 6. The van der Waals surface area contributed by atoms with Gasteiger partial charge in [-0.25, -0.2) is 9.59 Å². The normalized spacial score (nSPS) is 32.9. The molecule has 3 fully saturated rings. The third-order valence-corrected chi connectivity index (χ3v) is 10.0. The van der Waals surface area contributed by atoms with Gasteiger partial charge in [0.2, 0.25) is 0 Å². The minimum Gasteiger partial charge on any atom is -0.472 e. The van der Waals surface area contributed by atoms with Gasteiger partial charge in [0.25, 0.3) is 0 Å². The fourth-order valence-electron chi connectivity index (χ4n) is 8.24. The number of esters is 6. The van der Waals surface area contributed by atoms with Gasteiger partial charge in [-0.05, 0) is 39.0 Å². The summed E-state index contributed by atoms with van der Waals surface area (Å²) in [5.74, 6) is -7.23. The van der Waals surface area contributed by atoms with Crippen LogP contribution >= 0.6 is 0 Å². The highest BCUT2D eigenvalue weighted by Gasteiger charge is 2.89. The van der Waals surface area contributed by atoms with Crippen molar-refractivity contribution in [1.82, 2.24) is 4.98 Å². The number of hydrogen-bond donors (Lipinski definition) is 1. The number of aliphatic hydroxyl groups is 1. The first-order valence-electron chi connectivity index (χ1n) is 16.7. The fraction of sp³-hybridized carbons (Fsp3) is 0.583. The number of pyridine rings is 1. The van der Waals surface area contributed by atoms with Crippen molar-refractivity contribution in [1.29, 1.82) is 0 Å². The average Bonchev–Trinajstić information content (AvgIpc) is 3.65. The van der Waals surface area contributed by atoms with Crippen LogP contribution in [0.25, 0.3) is 0 Å². The highest BCUT2D eigenvalue weighted by Crippen LogP contribution is 2.69. The maximum absolute atomic E-state index is 14.0. The molecule has 1 spiro atoms. The topological polar surface area (TPSA) is 213 Å². The van der Waals surface area contributed by atoms with E-state index in [1.165, 1.54) is 43.8 Å². The summed E-state index contributed by atoms with van der Waals surface area (Å²) in [5, 5.41) is 12.8. The van der Waals surface area contributed by atoms with Crippen LogP contribution in [0.1, 0.15) is 82.5 Å². The first kappa shape index (κ1) is 38.4. The Hall–Kier alpha value is -4.83. The second-order valence-electron chi connectivity index (χ2n) is 14.4. The van der Waals surface area contributed by atoms with Crippen LogP contribution in [0.15, 0.2) is 47.5 Å². The predicted octanol–water partition coefficient (Wildman–Crippen LogP) is 2.74. The van der Waals surface area contributed by atoms with Crippen LogP contribution in [0.3, 0.4) is 0 Å². The summed E-state index contributed by atoms with van der Waals surface area (Å²) in [6, 6.07) is 4.19. The summed E-state index contributed by atoms with van der Waals surface area (Å²) < 4.78 is 48.2. The van der Waals surface area contributed by atoms with E-state index in [-0.39, 0.29) is 11.1 Å². The lowest BCUT2D eigenvalue weighted by molar-refractivity contribution is -0.362. The van der Waals surface area contributed by atoms with E-state index in [0.717, 1.165) is 27.0 Å². The largest absolute Gasteiger partial charge is 0.472 e. The maximum atomic E-state index is 14.0. The van der Waals surface area contributed by atoms with Gasteiger partial charge in [0, 0.05) is 39.6 Å². The van der Waals surface area contributed by atoms with Gasteiger partial charge in [0.05, 0.1) is 40.4 Å². The van der Waals surface area contributed by atoms with Crippen molar-refractivity contribution in [2.75, 3.05) is 6.61 Å². The van der Waals surface area contributed by atoms with E-state index in [2.05, 4.69) is 4.98 Å². The number of aromatic nitrogens is 1. The van der Waals surface area contributed by atoms with Gasteiger partial charge in [-0.2, -0.15) is 0 Å². The van der Waals surface area contributed by atoms with E-state index in [0.29, 0.717) is 0 Å². The molecule has 0 amide bonds. The number of carbonyl (C=O) groups is 6. The number of fused-ring (bicyclic) bond motifs is 1. The third-order valence-electron chi connectivity index (χ3n) is 10.0. The molecule has 2 saturated carbocycles. The number of hydrogen-bond acceptors (Lipinski definition) is 16. The van der Waals surface area contributed by atoms with Gasteiger partial charge in [-0.15, -0.1) is 0 Å². The molecule has 52 heavy (non-hydrogen) atoms. The molecule has 1 N–H and O–H groups in total. The zero-order valence-electron chi connectivity index (χ0n) is 30.1. The first-order chi connectivity index (χ1) is 24.3. The number of nitrogens with zero attached hydrogens (tertiary/aromatic N) is 1. The Morgan fingerprint density at radius 1 is 0.865 bits per heavy atom. The quantitative estimate of drug-likeness (QED) is 0.275. The second kappa shape index (κ2) is 14.0. The van der Waals surface area contributed by atoms with E-state index >= 15 is 0 Å². The van der Waals surface area contributed by atoms with Gasteiger partial charge >= 0.3 is 35.8 Å². The minimum absolute atomic E-state index is 0.0499. The smallest absolute Gasteiger partial charge is 0.341 e. The number of ether oxygens (including phenoxy) is 7. The number of furan rings is 1. The molecule has 5 rings (SSSR count). The molecular formula is C36H43NO15. The van der Waals surface area contributed by atoms with E-state index < -0.39 is 113 Å². The molecule has 0 radical (unpaired) electrons. The van der Waals surface area contributed by atoms with Crippen LogP contribution in [-0.2, 0) is 52.3 Å². The third kappa shape index (κ3) is 6.42. The van der Waals surface area contributed by atoms with Crippen molar-refractivity contribution < 1.29 is 71.4 Å². The Kier molecular flexibility index (Phi) is 10.3. The van der Waals surface area contributed by atoms with Crippen LogP contribution in [-0.4, -0.2) is 99.8 Å². The molecule has 16 nitrogen and oxygen atoms in total. The standard InChI is InChI=1S/C36H43NO15/c1-18(2)30(41)46-17-35-27(50-31(42)22-10-9-12-37-15-22)24(47-19(3)38)14-34(8,44)36(35)28(49-21(5)40)25(33(6,7)52-36)26(48-20(4)39)29(35)51-32(43)23-11-13-45-16-23/h9-13,15-16,18,24-29,44H,14,17H2,1-8H3. The summed E-state index contributed by atoms with van der Waals surface area (Å²) in [7, 11) is 0. The van der Waals surface area contributed by atoms with Crippen LogP contribution in [0.2, 0.25) is 0 Å². The molecule has 3 heterocycles. The molecule has 2 aliphatic carbocycles. The Balaban J connectivity index is 1.92. The highest BCUT2D eigenvalue weighted by molar-refractivity contribution is 5.90. The molecule has 2 aromatic rings. The van der Waals surface area contributed by atoms with Crippen molar-refractivity contribution in [3.05, 3.63) is 54.2 Å². The van der Waals surface area contributed by atoms with Gasteiger partial charge in [0.15, 0.2) is 17.8 Å². The molecule has 0 aromatic carbocycles. The molecule has 1 aliphatic heterocycles. The summed E-state index contributed by atoms with van der Waals surface area (Å²) in [6.07, 6.45) is -3.86. The van der Waals surface area contributed by atoms with E-state index in [1.54, 1.807) is 27.7 Å². The van der Waals surface area contributed by atoms with Gasteiger partial charge in [-0.1, -0.05) is 13.8 Å². The van der Waals surface area contributed by atoms with Gasteiger partial charge < -0.3 is 42.7 Å². The van der Waals surface area contributed by atoms with Crippen molar-refractivity contribution in [2.45, 2.75) is 109 Å². The average molecular weight is 730 g/mol. The molecule has 9 atom stereocenters. The molecule has 16 heteroatoms. The minimum atomic E-state index is -2.37. The van der Waals surface area contributed by atoms with Crippen molar-refractivity contribution in [2.24, 2.45) is 17.3 Å². The lowest BCUT2D eigenvalue weighted by atomic mass is 9.45. The lowest BCUT2D eigenvalue weighted by Gasteiger charge is -2.66. The van der Waals surface area contributed by atoms with E-state index in [9.17, 15) is 33.9 Å². The SMILES string of the molecule is CC(=O)OC1CC(C)(O)C23OC(C)(C)C(C(OC(C)=O)C(OC(=O)c4ccoc4)C2(COC(=O)C(C)C)C1OC(=O)c1cccnc1)C3OC(C)=O. The van der Waals surface area contributed by atoms with Crippen LogP contribution < -0.4 is 0 Å². The zero-order chi connectivity index (χ0) is 38.4. The lowest BCUT2D eigenvalue weighted by Crippen LogP contribution is -2.85.